The lowest BCUT2D eigenvalue weighted by molar-refractivity contribution is -0.183. The molecule has 0 aliphatic rings. The van der Waals surface area contributed by atoms with Crippen molar-refractivity contribution < 1.29 is 52.7 Å². The molecule has 0 aliphatic heterocycles. The Hall–Kier alpha value is -1.27. The molecule has 0 heterocycles. The first-order valence-electron chi connectivity index (χ1n) is 5.07. The van der Waals surface area contributed by atoms with Crippen molar-refractivity contribution in [3.8, 4) is 0 Å². The van der Waals surface area contributed by atoms with Crippen LogP contribution in [0.1, 0.15) is 22.3 Å². The Morgan fingerprint density at radius 3 is 1.13 bits per heavy atom. The minimum Gasteiger partial charge on any atom is -0.166 e. The van der Waals surface area contributed by atoms with Crippen molar-refractivity contribution in [2.75, 3.05) is 0 Å². The minimum absolute atomic E-state index is 0.732. The van der Waals surface area contributed by atoms with Gasteiger partial charge >= 0.3 is 24.7 Å². The van der Waals surface area contributed by atoms with Gasteiger partial charge in [0.2, 0.25) is 0 Å². The zero-order valence-electron chi connectivity index (χ0n) is 10.1. The van der Waals surface area contributed by atoms with Gasteiger partial charge in [0.05, 0.1) is 22.3 Å². The normalized spacial score (nSPS) is 14.3. The highest BCUT2D eigenvalue weighted by Gasteiger charge is 2.55. The summed E-state index contributed by atoms with van der Waals surface area (Å²) in [6.45, 7) is 0. The van der Waals surface area contributed by atoms with Gasteiger partial charge in [-0.25, -0.2) is 0 Å². The number of thiol groups is 1. The standard InChI is InChI=1S/C10H2F12S/c11-7(12,13)2-1-3(23)5(9(17,18)19)6(10(20,21)22)4(2)8(14,15)16/h1,23H. The fourth-order valence-electron chi connectivity index (χ4n) is 1.76. The van der Waals surface area contributed by atoms with Crippen LogP contribution in [0, 0.1) is 0 Å². The van der Waals surface area contributed by atoms with Crippen LogP contribution in [0.4, 0.5) is 52.7 Å². The van der Waals surface area contributed by atoms with Gasteiger partial charge in [-0.05, 0) is 6.07 Å². The lowest BCUT2D eigenvalue weighted by atomic mass is 9.93. The van der Waals surface area contributed by atoms with E-state index < -0.39 is 57.9 Å². The first-order chi connectivity index (χ1) is 9.88. The highest BCUT2D eigenvalue weighted by Crippen LogP contribution is 2.52. The van der Waals surface area contributed by atoms with Crippen molar-refractivity contribution in [1.82, 2.24) is 0 Å². The van der Waals surface area contributed by atoms with E-state index in [2.05, 4.69) is 12.6 Å². The molecule has 13 heteroatoms. The Morgan fingerprint density at radius 2 is 0.870 bits per heavy atom. The van der Waals surface area contributed by atoms with Crippen molar-refractivity contribution >= 4 is 12.6 Å². The third-order valence-electron chi connectivity index (χ3n) is 2.46. The zero-order chi connectivity index (χ0) is 18.6. The Kier molecular flexibility index (Phi) is 4.63. The van der Waals surface area contributed by atoms with Gasteiger partial charge in [0.15, 0.2) is 0 Å². The summed E-state index contributed by atoms with van der Waals surface area (Å²) in [6.07, 6.45) is -24.7. The maximum atomic E-state index is 12.7. The molecule has 1 rings (SSSR count). The summed E-state index contributed by atoms with van der Waals surface area (Å²) >= 11 is 2.85. The smallest absolute Gasteiger partial charge is 0.166 e. The summed E-state index contributed by atoms with van der Waals surface area (Å²) in [5.74, 6) is 0. The summed E-state index contributed by atoms with van der Waals surface area (Å²) in [4.78, 5) is -1.93. The van der Waals surface area contributed by atoms with Gasteiger partial charge in [-0.3, -0.25) is 0 Å². The van der Waals surface area contributed by atoms with Crippen LogP contribution >= 0.6 is 12.6 Å². The average molecular weight is 382 g/mol. The van der Waals surface area contributed by atoms with Crippen molar-refractivity contribution in [2.45, 2.75) is 29.6 Å². The van der Waals surface area contributed by atoms with Crippen LogP contribution in [0.25, 0.3) is 0 Å². The third kappa shape index (κ3) is 3.98. The quantitative estimate of drug-likeness (QED) is 0.410. The number of hydrogen-bond donors (Lipinski definition) is 1. The van der Waals surface area contributed by atoms with E-state index in [1.54, 1.807) is 0 Å². The monoisotopic (exact) mass is 382 g/mol. The van der Waals surface area contributed by atoms with Crippen LogP contribution in [0.5, 0.6) is 0 Å². The van der Waals surface area contributed by atoms with E-state index in [4.69, 9.17) is 0 Å². The number of alkyl halides is 12. The molecule has 1 aromatic carbocycles. The molecule has 0 amide bonds. The largest absolute Gasteiger partial charge is 0.418 e. The Balaban J connectivity index is 4.18. The van der Waals surface area contributed by atoms with E-state index in [1.165, 1.54) is 0 Å². The molecule has 0 spiro atoms. The van der Waals surface area contributed by atoms with Gasteiger partial charge in [-0.2, -0.15) is 52.7 Å². The molecule has 0 aliphatic carbocycles. The first kappa shape index (κ1) is 19.8. The van der Waals surface area contributed by atoms with E-state index in [0.29, 0.717) is 0 Å². The van der Waals surface area contributed by atoms with Crippen molar-refractivity contribution in [3.05, 3.63) is 28.3 Å². The SMILES string of the molecule is FC(F)(F)c1cc(S)c(C(F)(F)F)c(C(F)(F)F)c1C(F)(F)F. The van der Waals surface area contributed by atoms with Crippen LogP contribution in [0.15, 0.2) is 11.0 Å². The maximum Gasteiger partial charge on any atom is 0.418 e. The molecule has 0 fully saturated rings. The third-order valence-corrected chi connectivity index (χ3v) is 2.82. The minimum atomic E-state index is -6.35. The Labute approximate surface area is 124 Å². The second-order valence-electron chi connectivity index (χ2n) is 4.06. The van der Waals surface area contributed by atoms with Gasteiger partial charge in [0, 0.05) is 4.90 Å². The van der Waals surface area contributed by atoms with Crippen LogP contribution in [-0.2, 0) is 24.7 Å². The van der Waals surface area contributed by atoms with Gasteiger partial charge in [0.1, 0.15) is 0 Å². The van der Waals surface area contributed by atoms with Gasteiger partial charge in [-0.1, -0.05) is 0 Å². The Bertz CT molecular complexity index is 601. The molecule has 1 aromatic rings. The lowest BCUT2D eigenvalue weighted by Crippen LogP contribution is -2.27. The molecule has 0 radical (unpaired) electrons. The average Bonchev–Trinajstić information content (AvgIpc) is 2.21. The predicted molar refractivity (Wildman–Crippen MR) is 53.7 cm³/mol. The number of halogens is 12. The van der Waals surface area contributed by atoms with Crippen LogP contribution < -0.4 is 0 Å². The van der Waals surface area contributed by atoms with E-state index in [0.717, 1.165) is 0 Å². The summed E-state index contributed by atoms with van der Waals surface area (Å²) in [7, 11) is 0. The van der Waals surface area contributed by atoms with Gasteiger partial charge in [0.25, 0.3) is 0 Å². The highest BCUT2D eigenvalue weighted by atomic mass is 32.1. The Morgan fingerprint density at radius 1 is 0.522 bits per heavy atom. The van der Waals surface area contributed by atoms with E-state index in [-0.39, 0.29) is 0 Å². The predicted octanol–water partition coefficient (Wildman–Crippen LogP) is 6.05. The van der Waals surface area contributed by atoms with Gasteiger partial charge in [-0.15, -0.1) is 12.6 Å². The van der Waals surface area contributed by atoms with Crippen LogP contribution in [0.2, 0.25) is 0 Å². The molecule has 0 nitrogen and oxygen atoms in total. The van der Waals surface area contributed by atoms with Crippen molar-refractivity contribution in [1.29, 1.82) is 0 Å². The van der Waals surface area contributed by atoms with E-state index in [1.807, 2.05) is 0 Å². The molecule has 0 N–H and O–H groups in total. The molecule has 0 aromatic heterocycles. The number of hydrogen-bond acceptors (Lipinski definition) is 1. The number of benzene rings is 1. The molecule has 23 heavy (non-hydrogen) atoms. The summed E-state index contributed by atoms with van der Waals surface area (Å²) in [5, 5.41) is 0. The van der Waals surface area contributed by atoms with E-state index in [9.17, 15) is 52.7 Å². The van der Waals surface area contributed by atoms with Gasteiger partial charge < -0.3 is 0 Å². The maximum absolute atomic E-state index is 12.7. The lowest BCUT2D eigenvalue weighted by Gasteiger charge is -2.25. The number of rotatable bonds is 0. The first-order valence-corrected chi connectivity index (χ1v) is 5.52. The second-order valence-corrected chi connectivity index (χ2v) is 4.54. The van der Waals surface area contributed by atoms with Crippen LogP contribution in [0.3, 0.4) is 0 Å². The molecule has 0 bridgehead atoms. The fourth-order valence-corrected chi connectivity index (χ4v) is 2.12. The zero-order valence-corrected chi connectivity index (χ0v) is 11.0. The van der Waals surface area contributed by atoms with Crippen molar-refractivity contribution in [2.24, 2.45) is 0 Å². The van der Waals surface area contributed by atoms with Crippen molar-refractivity contribution in [3.63, 3.8) is 0 Å². The molecular formula is C10H2F12S. The second kappa shape index (κ2) is 5.38. The molecular weight excluding hydrogens is 380 g/mol. The van der Waals surface area contributed by atoms with E-state index >= 15 is 0 Å². The molecule has 0 unspecified atom stereocenters. The summed E-state index contributed by atoms with van der Waals surface area (Å²) in [6, 6.07) is -0.732. The van der Waals surface area contributed by atoms with Crippen LogP contribution in [-0.4, -0.2) is 0 Å². The molecule has 132 valence electrons. The molecule has 0 saturated heterocycles. The molecule has 0 saturated carbocycles. The molecule has 0 atom stereocenters. The summed E-state index contributed by atoms with van der Waals surface area (Å²) < 4.78 is 152. The fraction of sp³-hybridized carbons (Fsp3) is 0.400. The topological polar surface area (TPSA) is 0 Å². The summed E-state index contributed by atoms with van der Waals surface area (Å²) in [5.41, 5.74) is -12.8. The highest BCUT2D eigenvalue weighted by molar-refractivity contribution is 7.80.